The molecule has 2 aromatic rings. The Morgan fingerprint density at radius 2 is 2.00 bits per heavy atom. The lowest BCUT2D eigenvalue weighted by Crippen LogP contribution is -2.46. The number of pyridine rings is 1. The zero-order chi connectivity index (χ0) is 22.0. The Hall–Kier alpha value is -3.42. The van der Waals surface area contributed by atoms with Crippen molar-refractivity contribution in [1.82, 2.24) is 20.2 Å². The molecule has 3 heterocycles. The van der Waals surface area contributed by atoms with Gasteiger partial charge in [-0.3, -0.25) is 9.78 Å². The highest BCUT2D eigenvalue weighted by atomic mass is 16.5. The van der Waals surface area contributed by atoms with E-state index in [4.69, 9.17) is 4.74 Å². The number of hydrogen-bond acceptors (Lipinski definition) is 5. The third-order valence-corrected chi connectivity index (χ3v) is 5.74. The Bertz CT molecular complexity index is 987. The van der Waals surface area contributed by atoms with Gasteiger partial charge in [-0.2, -0.15) is 5.10 Å². The Kier molecular flexibility index (Phi) is 5.88. The van der Waals surface area contributed by atoms with E-state index in [-0.39, 0.29) is 24.0 Å². The minimum Gasteiger partial charge on any atom is -0.495 e. The summed E-state index contributed by atoms with van der Waals surface area (Å²) in [7, 11) is 1.58. The lowest BCUT2D eigenvalue weighted by molar-refractivity contribution is -0.128. The number of carbonyl (C=O) groups is 2. The van der Waals surface area contributed by atoms with E-state index in [1.54, 1.807) is 13.3 Å². The van der Waals surface area contributed by atoms with Gasteiger partial charge in [0.1, 0.15) is 5.75 Å². The number of rotatable bonds is 5. The minimum absolute atomic E-state index is 0.114. The number of amides is 3. The van der Waals surface area contributed by atoms with Gasteiger partial charge >= 0.3 is 6.03 Å². The van der Waals surface area contributed by atoms with E-state index in [2.05, 4.69) is 15.4 Å². The summed E-state index contributed by atoms with van der Waals surface area (Å²) >= 11 is 0. The van der Waals surface area contributed by atoms with Crippen LogP contribution < -0.4 is 10.1 Å². The maximum atomic E-state index is 13.0. The van der Waals surface area contributed by atoms with Crippen molar-refractivity contribution in [2.24, 2.45) is 5.10 Å². The van der Waals surface area contributed by atoms with Gasteiger partial charge in [0, 0.05) is 13.0 Å². The van der Waals surface area contributed by atoms with Crippen molar-refractivity contribution in [3.8, 4) is 5.75 Å². The number of nitrogens with zero attached hydrogens (tertiary/aromatic N) is 4. The average Bonchev–Trinajstić information content (AvgIpc) is 3.40. The van der Waals surface area contributed by atoms with Gasteiger partial charge in [0.25, 0.3) is 0 Å². The molecule has 0 radical (unpaired) electrons. The normalized spacial score (nSPS) is 19.4. The second-order valence-electron chi connectivity index (χ2n) is 7.93. The summed E-state index contributed by atoms with van der Waals surface area (Å²) < 4.78 is 5.13. The van der Waals surface area contributed by atoms with E-state index in [1.165, 1.54) is 5.01 Å². The van der Waals surface area contributed by atoms with Gasteiger partial charge in [0.05, 0.1) is 43.3 Å². The van der Waals surface area contributed by atoms with Gasteiger partial charge in [0.2, 0.25) is 5.91 Å². The van der Waals surface area contributed by atoms with Gasteiger partial charge in [-0.05, 0) is 38.0 Å². The van der Waals surface area contributed by atoms with Crippen molar-refractivity contribution < 1.29 is 14.3 Å². The molecule has 0 spiro atoms. The summed E-state index contributed by atoms with van der Waals surface area (Å²) in [6.45, 7) is 4.92. The number of aromatic nitrogens is 1. The number of hydrazone groups is 1. The zero-order valence-electron chi connectivity index (χ0n) is 18.0. The van der Waals surface area contributed by atoms with E-state index in [0.717, 1.165) is 29.0 Å². The average molecular weight is 422 g/mol. The number of carbonyl (C=O) groups excluding carboxylic acids is 2. The highest BCUT2D eigenvalue weighted by Gasteiger charge is 2.39. The first kappa shape index (κ1) is 20.8. The third kappa shape index (κ3) is 4.38. The molecule has 0 aliphatic carbocycles. The van der Waals surface area contributed by atoms with Crippen LogP contribution in [0.1, 0.15) is 42.6 Å². The SMILES string of the molecule is COc1ccc(C(C)NC(=O)N2C[C@H](N3CCCC3=O)C(c3ccc(C)cc3)=N2)nc1. The van der Waals surface area contributed by atoms with Crippen LogP contribution in [0.15, 0.2) is 47.7 Å². The Balaban J connectivity index is 1.53. The second kappa shape index (κ2) is 8.75. The number of likely N-dealkylation sites (tertiary alicyclic amines) is 1. The van der Waals surface area contributed by atoms with Crippen LogP contribution in [0.2, 0.25) is 0 Å². The summed E-state index contributed by atoms with van der Waals surface area (Å²) in [6.07, 6.45) is 3.00. The van der Waals surface area contributed by atoms with Crippen molar-refractivity contribution >= 4 is 17.6 Å². The monoisotopic (exact) mass is 421 g/mol. The van der Waals surface area contributed by atoms with Crippen molar-refractivity contribution in [1.29, 1.82) is 0 Å². The molecule has 2 aliphatic heterocycles. The molecule has 2 atom stereocenters. The fraction of sp³-hybridized carbons (Fsp3) is 0.391. The summed E-state index contributed by atoms with van der Waals surface area (Å²) in [6, 6.07) is 10.8. The Morgan fingerprint density at radius 1 is 1.23 bits per heavy atom. The Morgan fingerprint density at radius 3 is 2.61 bits per heavy atom. The molecule has 1 fully saturated rings. The fourth-order valence-electron chi connectivity index (χ4n) is 3.94. The standard InChI is InChI=1S/C23H27N5O3/c1-15-6-8-17(9-7-15)22-20(27-12-4-5-21(27)29)14-28(26-22)23(30)25-16(2)19-11-10-18(31-3)13-24-19/h6-11,13,16,20H,4-5,12,14H2,1-3H3,(H,25,30)/t16?,20-/m0/s1. The van der Waals surface area contributed by atoms with E-state index in [0.29, 0.717) is 25.3 Å². The molecule has 1 saturated heterocycles. The maximum absolute atomic E-state index is 13.0. The molecule has 1 unspecified atom stereocenters. The van der Waals surface area contributed by atoms with Crippen molar-refractivity contribution in [2.45, 2.75) is 38.8 Å². The number of hydrogen-bond donors (Lipinski definition) is 1. The molecule has 2 aliphatic rings. The number of methoxy groups -OCH3 is 1. The van der Waals surface area contributed by atoms with Crippen molar-refractivity contribution in [2.75, 3.05) is 20.2 Å². The van der Waals surface area contributed by atoms with E-state index in [1.807, 2.05) is 55.1 Å². The lowest BCUT2D eigenvalue weighted by atomic mass is 10.0. The van der Waals surface area contributed by atoms with Crippen LogP contribution in [0.3, 0.4) is 0 Å². The second-order valence-corrected chi connectivity index (χ2v) is 7.93. The molecule has 8 nitrogen and oxygen atoms in total. The van der Waals surface area contributed by atoms with Gasteiger partial charge in [0.15, 0.2) is 0 Å². The highest BCUT2D eigenvalue weighted by Crippen LogP contribution is 2.24. The molecule has 8 heteroatoms. The van der Waals surface area contributed by atoms with Crippen LogP contribution >= 0.6 is 0 Å². The lowest BCUT2D eigenvalue weighted by Gasteiger charge is -2.25. The number of benzene rings is 1. The first-order valence-electron chi connectivity index (χ1n) is 10.5. The topological polar surface area (TPSA) is 87.1 Å². The van der Waals surface area contributed by atoms with E-state index < -0.39 is 0 Å². The maximum Gasteiger partial charge on any atom is 0.338 e. The largest absolute Gasteiger partial charge is 0.495 e. The summed E-state index contributed by atoms with van der Waals surface area (Å²) in [5.41, 5.74) is 3.55. The predicted molar refractivity (Wildman–Crippen MR) is 117 cm³/mol. The number of aryl methyl sites for hydroxylation is 1. The van der Waals surface area contributed by atoms with Crippen molar-refractivity contribution in [3.05, 3.63) is 59.4 Å². The molecule has 1 N–H and O–H groups in total. The zero-order valence-corrected chi connectivity index (χ0v) is 18.0. The molecule has 3 amide bonds. The van der Waals surface area contributed by atoms with Gasteiger partial charge in [-0.15, -0.1) is 0 Å². The van der Waals surface area contributed by atoms with E-state index >= 15 is 0 Å². The molecular formula is C23H27N5O3. The molecule has 0 saturated carbocycles. The smallest absolute Gasteiger partial charge is 0.338 e. The molecule has 31 heavy (non-hydrogen) atoms. The first-order chi connectivity index (χ1) is 15.0. The van der Waals surface area contributed by atoms with E-state index in [9.17, 15) is 9.59 Å². The molecule has 1 aromatic carbocycles. The van der Waals surface area contributed by atoms with Crippen LogP contribution in [-0.4, -0.2) is 58.8 Å². The molecule has 162 valence electrons. The van der Waals surface area contributed by atoms with Crippen molar-refractivity contribution in [3.63, 3.8) is 0 Å². The molecular weight excluding hydrogens is 394 g/mol. The summed E-state index contributed by atoms with van der Waals surface area (Å²) in [5.74, 6) is 0.773. The minimum atomic E-state index is -0.316. The third-order valence-electron chi connectivity index (χ3n) is 5.74. The fourth-order valence-corrected chi connectivity index (χ4v) is 3.94. The summed E-state index contributed by atoms with van der Waals surface area (Å²) in [4.78, 5) is 31.6. The van der Waals surface area contributed by atoms with Gasteiger partial charge in [-0.1, -0.05) is 29.8 Å². The predicted octanol–water partition coefficient (Wildman–Crippen LogP) is 2.88. The van der Waals surface area contributed by atoms with Crippen LogP contribution in [0.5, 0.6) is 5.75 Å². The molecule has 4 rings (SSSR count). The first-order valence-corrected chi connectivity index (χ1v) is 10.5. The van der Waals surface area contributed by atoms with Crippen LogP contribution in [0.4, 0.5) is 4.79 Å². The number of nitrogens with one attached hydrogen (secondary N) is 1. The van der Waals surface area contributed by atoms with Gasteiger partial charge in [-0.25, -0.2) is 9.80 Å². The number of ether oxygens (including phenoxy) is 1. The number of urea groups is 1. The molecule has 1 aromatic heterocycles. The van der Waals surface area contributed by atoms with Crippen LogP contribution in [0.25, 0.3) is 0 Å². The molecule has 0 bridgehead atoms. The summed E-state index contributed by atoms with van der Waals surface area (Å²) in [5, 5.41) is 9.00. The van der Waals surface area contributed by atoms with Crippen LogP contribution in [-0.2, 0) is 4.79 Å². The van der Waals surface area contributed by atoms with Crippen LogP contribution in [0, 0.1) is 6.92 Å². The highest BCUT2D eigenvalue weighted by molar-refractivity contribution is 6.08. The Labute approximate surface area is 181 Å². The van der Waals surface area contributed by atoms with Gasteiger partial charge < -0.3 is 15.0 Å². The quantitative estimate of drug-likeness (QED) is 0.804.